The Morgan fingerprint density at radius 2 is 1.74 bits per heavy atom. The lowest BCUT2D eigenvalue weighted by atomic mass is 9.94. The van der Waals surface area contributed by atoms with E-state index >= 15 is 0 Å². The van der Waals surface area contributed by atoms with Crippen LogP contribution < -0.4 is 5.32 Å². The van der Waals surface area contributed by atoms with Crippen LogP contribution in [0, 0.1) is 12.8 Å². The molecule has 2 nitrogen and oxygen atoms in total. The molecule has 2 N–H and O–H groups in total. The van der Waals surface area contributed by atoms with Crippen molar-refractivity contribution in [3.05, 3.63) is 71.3 Å². The van der Waals surface area contributed by atoms with Crippen LogP contribution in [0.3, 0.4) is 0 Å². The van der Waals surface area contributed by atoms with Crippen LogP contribution in [-0.2, 0) is 0 Å². The summed E-state index contributed by atoms with van der Waals surface area (Å²) in [5.74, 6) is 0.747. The van der Waals surface area contributed by atoms with E-state index in [0.29, 0.717) is 12.1 Å². The minimum absolute atomic E-state index is 0.253. The molecular weight excluding hydrogens is 282 g/mol. The smallest absolute Gasteiger partial charge is 0.0431 e. The van der Waals surface area contributed by atoms with Gasteiger partial charge in [-0.2, -0.15) is 0 Å². The fraction of sp³-hybridized carbons (Fsp3) is 0.429. The molecule has 3 rings (SSSR count). The third-order valence-corrected chi connectivity index (χ3v) is 4.85. The van der Waals surface area contributed by atoms with Gasteiger partial charge in [-0.05, 0) is 55.2 Å². The molecule has 0 saturated heterocycles. The van der Waals surface area contributed by atoms with Gasteiger partial charge in [-0.1, -0.05) is 54.6 Å². The predicted octanol–water partition coefficient (Wildman–Crippen LogP) is 4.55. The van der Waals surface area contributed by atoms with Gasteiger partial charge >= 0.3 is 0 Å². The summed E-state index contributed by atoms with van der Waals surface area (Å²) in [6.45, 7) is 2.46. The van der Waals surface area contributed by atoms with Crippen LogP contribution in [0.1, 0.15) is 54.5 Å². The van der Waals surface area contributed by atoms with Crippen molar-refractivity contribution in [2.24, 2.45) is 5.92 Å². The highest BCUT2D eigenvalue weighted by Gasteiger charge is 2.34. The van der Waals surface area contributed by atoms with E-state index in [1.807, 2.05) is 0 Å². The molecule has 0 heterocycles. The van der Waals surface area contributed by atoms with Gasteiger partial charge in [0.05, 0.1) is 0 Å². The van der Waals surface area contributed by atoms with Crippen molar-refractivity contribution >= 4 is 0 Å². The lowest BCUT2D eigenvalue weighted by molar-refractivity contribution is 0.269. The summed E-state index contributed by atoms with van der Waals surface area (Å²) in [5.41, 5.74) is 4.12. The quantitative estimate of drug-likeness (QED) is 0.750. The Kier molecular flexibility index (Phi) is 5.47. The van der Waals surface area contributed by atoms with Crippen LogP contribution >= 0.6 is 0 Å². The van der Waals surface area contributed by atoms with Crippen molar-refractivity contribution < 1.29 is 5.11 Å². The van der Waals surface area contributed by atoms with Crippen LogP contribution in [-0.4, -0.2) is 11.7 Å². The molecule has 2 atom stereocenters. The first kappa shape index (κ1) is 16.2. The van der Waals surface area contributed by atoms with Gasteiger partial charge in [-0.15, -0.1) is 0 Å². The molecule has 2 aromatic carbocycles. The zero-order valence-electron chi connectivity index (χ0n) is 13.9. The molecule has 23 heavy (non-hydrogen) atoms. The van der Waals surface area contributed by atoms with Gasteiger partial charge in [0.15, 0.2) is 0 Å². The highest BCUT2D eigenvalue weighted by atomic mass is 16.2. The first-order chi connectivity index (χ1) is 11.3. The predicted molar refractivity (Wildman–Crippen MR) is 95.3 cm³/mol. The van der Waals surface area contributed by atoms with Gasteiger partial charge in [0.2, 0.25) is 0 Å². The first-order valence-corrected chi connectivity index (χ1v) is 8.77. The SMILES string of the molecule is Cc1ccccc1C(NC(CCCO)c1ccccc1)C1CC1. The summed E-state index contributed by atoms with van der Waals surface area (Å²) in [6.07, 6.45) is 4.42. The number of rotatable bonds is 8. The molecule has 0 radical (unpaired) electrons. The van der Waals surface area contributed by atoms with Gasteiger partial charge in [-0.3, -0.25) is 0 Å². The molecule has 2 unspecified atom stereocenters. The summed E-state index contributed by atoms with van der Waals surface area (Å²) in [4.78, 5) is 0. The zero-order valence-corrected chi connectivity index (χ0v) is 13.9. The molecular formula is C21H27NO. The Balaban J connectivity index is 1.82. The van der Waals surface area contributed by atoms with Crippen LogP contribution in [0.25, 0.3) is 0 Å². The van der Waals surface area contributed by atoms with Crippen molar-refractivity contribution in [1.29, 1.82) is 0 Å². The molecule has 1 aliphatic rings. The van der Waals surface area contributed by atoms with Gasteiger partial charge in [0, 0.05) is 18.7 Å². The molecule has 2 heteroatoms. The molecule has 0 amide bonds. The molecule has 0 aromatic heterocycles. The number of hydrogen-bond acceptors (Lipinski definition) is 2. The molecule has 0 spiro atoms. The lowest BCUT2D eigenvalue weighted by Crippen LogP contribution is -2.28. The Morgan fingerprint density at radius 3 is 2.39 bits per heavy atom. The molecule has 1 fully saturated rings. The van der Waals surface area contributed by atoms with Gasteiger partial charge in [0.1, 0.15) is 0 Å². The summed E-state index contributed by atoms with van der Waals surface area (Å²) in [6, 6.07) is 20.1. The highest BCUT2D eigenvalue weighted by molar-refractivity contribution is 5.31. The van der Waals surface area contributed by atoms with E-state index in [0.717, 1.165) is 18.8 Å². The molecule has 0 aliphatic heterocycles. The Morgan fingerprint density at radius 1 is 1.04 bits per heavy atom. The van der Waals surface area contributed by atoms with E-state index < -0.39 is 0 Å². The van der Waals surface area contributed by atoms with Gasteiger partial charge in [0.25, 0.3) is 0 Å². The fourth-order valence-corrected chi connectivity index (χ4v) is 3.39. The summed E-state index contributed by atoms with van der Waals surface area (Å²) in [7, 11) is 0. The highest BCUT2D eigenvalue weighted by Crippen LogP contribution is 2.43. The minimum Gasteiger partial charge on any atom is -0.396 e. The van der Waals surface area contributed by atoms with Crippen LogP contribution in [0.2, 0.25) is 0 Å². The largest absolute Gasteiger partial charge is 0.396 e. The standard InChI is InChI=1S/C21H27NO/c1-16-8-5-6-11-19(16)21(18-13-14-18)22-20(12-7-15-23)17-9-3-2-4-10-17/h2-6,8-11,18,20-23H,7,12-15H2,1H3. The second-order valence-electron chi connectivity index (χ2n) is 6.67. The van der Waals surface area contributed by atoms with Gasteiger partial charge in [-0.25, -0.2) is 0 Å². The third kappa shape index (κ3) is 4.21. The van der Waals surface area contributed by atoms with Crippen LogP contribution in [0.4, 0.5) is 0 Å². The molecule has 1 aliphatic carbocycles. The molecule has 2 aromatic rings. The van der Waals surface area contributed by atoms with E-state index in [2.05, 4.69) is 66.8 Å². The van der Waals surface area contributed by atoms with Crippen molar-refractivity contribution in [3.63, 3.8) is 0 Å². The maximum Gasteiger partial charge on any atom is 0.0431 e. The van der Waals surface area contributed by atoms with E-state index in [1.54, 1.807) is 0 Å². The molecule has 1 saturated carbocycles. The van der Waals surface area contributed by atoms with Crippen molar-refractivity contribution in [1.82, 2.24) is 5.32 Å². The number of hydrogen-bond donors (Lipinski definition) is 2. The number of aliphatic hydroxyl groups is 1. The topological polar surface area (TPSA) is 32.3 Å². The first-order valence-electron chi connectivity index (χ1n) is 8.77. The minimum atomic E-state index is 0.253. The maximum absolute atomic E-state index is 9.25. The summed E-state index contributed by atoms with van der Waals surface area (Å²) >= 11 is 0. The van der Waals surface area contributed by atoms with Crippen LogP contribution in [0.5, 0.6) is 0 Å². The lowest BCUT2D eigenvalue weighted by Gasteiger charge is -2.28. The summed E-state index contributed by atoms with van der Waals surface area (Å²) in [5, 5.41) is 13.2. The average molecular weight is 309 g/mol. The maximum atomic E-state index is 9.25. The van der Waals surface area contributed by atoms with E-state index in [-0.39, 0.29) is 6.61 Å². The number of benzene rings is 2. The van der Waals surface area contributed by atoms with Crippen molar-refractivity contribution in [2.75, 3.05) is 6.61 Å². The van der Waals surface area contributed by atoms with Gasteiger partial charge < -0.3 is 10.4 Å². The monoisotopic (exact) mass is 309 g/mol. The van der Waals surface area contributed by atoms with E-state index in [4.69, 9.17) is 0 Å². The average Bonchev–Trinajstić information content (AvgIpc) is 3.42. The fourth-order valence-electron chi connectivity index (χ4n) is 3.39. The Labute approximate surface area is 139 Å². The normalized spacial score (nSPS) is 17.0. The second kappa shape index (κ2) is 7.76. The van der Waals surface area contributed by atoms with E-state index in [9.17, 15) is 5.11 Å². The third-order valence-electron chi connectivity index (χ3n) is 4.85. The number of aryl methyl sites for hydroxylation is 1. The van der Waals surface area contributed by atoms with Crippen LogP contribution in [0.15, 0.2) is 54.6 Å². The van der Waals surface area contributed by atoms with E-state index in [1.165, 1.54) is 29.5 Å². The van der Waals surface area contributed by atoms with Crippen molar-refractivity contribution in [3.8, 4) is 0 Å². The summed E-state index contributed by atoms with van der Waals surface area (Å²) < 4.78 is 0. The molecule has 122 valence electrons. The second-order valence-corrected chi connectivity index (χ2v) is 6.67. The van der Waals surface area contributed by atoms with Crippen molar-refractivity contribution in [2.45, 2.75) is 44.7 Å². The Hall–Kier alpha value is -1.64. The number of nitrogens with one attached hydrogen (secondary N) is 1. The number of aliphatic hydroxyl groups excluding tert-OH is 1. The molecule has 0 bridgehead atoms. The zero-order chi connectivity index (χ0) is 16.1. The Bertz CT molecular complexity index is 606.